The number of pyridine rings is 1. The molecule has 88 valence electrons. The third kappa shape index (κ3) is 2.95. The topological polar surface area (TPSA) is 50.9 Å². The van der Waals surface area contributed by atoms with E-state index < -0.39 is 0 Å². The van der Waals surface area contributed by atoms with Crippen molar-refractivity contribution in [1.29, 1.82) is 0 Å². The SMILES string of the molecule is Cc1cc(NC2CCC(N)CC2)cnc1Br. The van der Waals surface area contributed by atoms with E-state index in [9.17, 15) is 0 Å². The van der Waals surface area contributed by atoms with Gasteiger partial charge in [-0.2, -0.15) is 0 Å². The van der Waals surface area contributed by atoms with Gasteiger partial charge in [-0.25, -0.2) is 4.98 Å². The summed E-state index contributed by atoms with van der Waals surface area (Å²) in [5, 5.41) is 3.53. The lowest BCUT2D eigenvalue weighted by atomic mass is 9.92. The van der Waals surface area contributed by atoms with E-state index in [4.69, 9.17) is 5.73 Å². The number of nitrogens with zero attached hydrogens (tertiary/aromatic N) is 1. The number of aromatic nitrogens is 1. The van der Waals surface area contributed by atoms with Crippen LogP contribution in [0.3, 0.4) is 0 Å². The van der Waals surface area contributed by atoms with E-state index >= 15 is 0 Å². The first-order valence-electron chi connectivity index (χ1n) is 5.79. The molecule has 2 rings (SSSR count). The highest BCUT2D eigenvalue weighted by atomic mass is 79.9. The van der Waals surface area contributed by atoms with E-state index in [1.165, 1.54) is 0 Å². The highest BCUT2D eigenvalue weighted by Gasteiger charge is 2.18. The Morgan fingerprint density at radius 1 is 1.38 bits per heavy atom. The lowest BCUT2D eigenvalue weighted by Crippen LogP contribution is -2.32. The van der Waals surface area contributed by atoms with E-state index in [0.717, 1.165) is 41.5 Å². The monoisotopic (exact) mass is 283 g/mol. The van der Waals surface area contributed by atoms with Crippen LogP contribution >= 0.6 is 15.9 Å². The molecule has 3 nitrogen and oxygen atoms in total. The molecule has 0 radical (unpaired) electrons. The number of halogens is 1. The Kier molecular flexibility index (Phi) is 3.82. The lowest BCUT2D eigenvalue weighted by Gasteiger charge is -2.27. The number of hydrogen-bond acceptors (Lipinski definition) is 3. The van der Waals surface area contributed by atoms with Crippen molar-refractivity contribution in [2.45, 2.75) is 44.7 Å². The number of aryl methyl sites for hydroxylation is 1. The van der Waals surface area contributed by atoms with Crippen LogP contribution in [0.1, 0.15) is 31.2 Å². The third-order valence-corrected chi connectivity index (χ3v) is 3.99. The Bertz CT molecular complexity index is 359. The second-order valence-electron chi connectivity index (χ2n) is 4.59. The summed E-state index contributed by atoms with van der Waals surface area (Å²) in [6.45, 7) is 2.05. The predicted molar refractivity (Wildman–Crippen MR) is 70.5 cm³/mol. The molecule has 1 aromatic heterocycles. The van der Waals surface area contributed by atoms with Gasteiger partial charge in [0, 0.05) is 12.1 Å². The molecule has 1 heterocycles. The largest absolute Gasteiger partial charge is 0.381 e. The second kappa shape index (κ2) is 5.15. The van der Waals surface area contributed by atoms with Gasteiger partial charge in [-0.05, 0) is 60.2 Å². The minimum absolute atomic E-state index is 0.405. The van der Waals surface area contributed by atoms with Crippen LogP contribution in [0.5, 0.6) is 0 Å². The van der Waals surface area contributed by atoms with Crippen LogP contribution < -0.4 is 11.1 Å². The molecule has 0 aromatic carbocycles. The number of anilines is 1. The Morgan fingerprint density at radius 2 is 2.06 bits per heavy atom. The molecule has 1 aliphatic carbocycles. The molecule has 0 saturated heterocycles. The molecule has 0 spiro atoms. The molecule has 0 atom stereocenters. The Labute approximate surface area is 105 Å². The molecule has 4 heteroatoms. The maximum Gasteiger partial charge on any atom is 0.109 e. The Balaban J connectivity index is 1.96. The van der Waals surface area contributed by atoms with Crippen LogP contribution in [-0.2, 0) is 0 Å². The summed E-state index contributed by atoms with van der Waals surface area (Å²) >= 11 is 3.41. The van der Waals surface area contributed by atoms with Crippen LogP contribution in [0.2, 0.25) is 0 Å². The Hall–Kier alpha value is -0.610. The van der Waals surface area contributed by atoms with Crippen LogP contribution in [-0.4, -0.2) is 17.1 Å². The van der Waals surface area contributed by atoms with Crippen molar-refractivity contribution in [3.8, 4) is 0 Å². The first kappa shape index (κ1) is 11.9. The number of nitrogens with one attached hydrogen (secondary N) is 1. The maximum atomic E-state index is 5.89. The number of hydrogen-bond donors (Lipinski definition) is 2. The zero-order chi connectivity index (χ0) is 11.5. The molecular formula is C12H18BrN3. The van der Waals surface area contributed by atoms with Crippen molar-refractivity contribution in [2.75, 3.05) is 5.32 Å². The van der Waals surface area contributed by atoms with Gasteiger partial charge in [-0.1, -0.05) is 0 Å². The van der Waals surface area contributed by atoms with Gasteiger partial charge in [-0.3, -0.25) is 0 Å². The molecule has 1 saturated carbocycles. The fourth-order valence-corrected chi connectivity index (χ4v) is 2.35. The normalized spacial score (nSPS) is 25.4. The van der Waals surface area contributed by atoms with Crippen molar-refractivity contribution in [3.63, 3.8) is 0 Å². The quantitative estimate of drug-likeness (QED) is 0.821. The van der Waals surface area contributed by atoms with Gasteiger partial charge in [0.15, 0.2) is 0 Å². The molecule has 1 aliphatic rings. The average molecular weight is 284 g/mol. The third-order valence-electron chi connectivity index (χ3n) is 3.16. The van der Waals surface area contributed by atoms with Crippen molar-refractivity contribution in [3.05, 3.63) is 22.4 Å². The van der Waals surface area contributed by atoms with E-state index in [0.29, 0.717) is 12.1 Å². The van der Waals surface area contributed by atoms with Gasteiger partial charge in [0.05, 0.1) is 11.9 Å². The summed E-state index contributed by atoms with van der Waals surface area (Å²) in [4.78, 5) is 4.29. The summed E-state index contributed by atoms with van der Waals surface area (Å²) in [5.74, 6) is 0. The van der Waals surface area contributed by atoms with E-state index in [-0.39, 0.29) is 0 Å². The van der Waals surface area contributed by atoms with Crippen molar-refractivity contribution in [1.82, 2.24) is 4.98 Å². The highest BCUT2D eigenvalue weighted by molar-refractivity contribution is 9.10. The van der Waals surface area contributed by atoms with Gasteiger partial charge < -0.3 is 11.1 Å². The van der Waals surface area contributed by atoms with Gasteiger partial charge in [-0.15, -0.1) is 0 Å². The molecule has 0 bridgehead atoms. The van der Waals surface area contributed by atoms with Crippen LogP contribution in [0, 0.1) is 6.92 Å². The lowest BCUT2D eigenvalue weighted by molar-refractivity contribution is 0.411. The highest BCUT2D eigenvalue weighted by Crippen LogP contribution is 2.22. The molecular weight excluding hydrogens is 266 g/mol. The van der Waals surface area contributed by atoms with E-state index in [1.807, 2.05) is 6.20 Å². The zero-order valence-corrected chi connectivity index (χ0v) is 11.1. The molecule has 16 heavy (non-hydrogen) atoms. The Morgan fingerprint density at radius 3 is 2.69 bits per heavy atom. The molecule has 1 aromatic rings. The molecule has 0 aliphatic heterocycles. The van der Waals surface area contributed by atoms with Gasteiger partial charge >= 0.3 is 0 Å². The summed E-state index contributed by atoms with van der Waals surface area (Å²) in [6.07, 6.45) is 6.46. The summed E-state index contributed by atoms with van der Waals surface area (Å²) in [6, 6.07) is 3.09. The summed E-state index contributed by atoms with van der Waals surface area (Å²) < 4.78 is 0.920. The summed E-state index contributed by atoms with van der Waals surface area (Å²) in [7, 11) is 0. The van der Waals surface area contributed by atoms with Crippen LogP contribution in [0.15, 0.2) is 16.9 Å². The number of rotatable bonds is 2. The van der Waals surface area contributed by atoms with Crippen LogP contribution in [0.25, 0.3) is 0 Å². The van der Waals surface area contributed by atoms with Crippen molar-refractivity contribution < 1.29 is 0 Å². The first-order chi connectivity index (χ1) is 7.65. The molecule has 0 amide bonds. The van der Waals surface area contributed by atoms with Crippen molar-refractivity contribution >= 4 is 21.6 Å². The molecule has 1 fully saturated rings. The second-order valence-corrected chi connectivity index (χ2v) is 5.34. The fraction of sp³-hybridized carbons (Fsp3) is 0.583. The average Bonchev–Trinajstić information content (AvgIpc) is 2.27. The minimum atomic E-state index is 0.405. The summed E-state index contributed by atoms with van der Waals surface area (Å²) in [5.41, 5.74) is 8.16. The molecule has 3 N–H and O–H groups in total. The zero-order valence-electron chi connectivity index (χ0n) is 9.54. The van der Waals surface area contributed by atoms with E-state index in [2.05, 4.69) is 39.2 Å². The maximum absolute atomic E-state index is 5.89. The molecule has 0 unspecified atom stereocenters. The van der Waals surface area contributed by atoms with Gasteiger partial charge in [0.25, 0.3) is 0 Å². The fourth-order valence-electron chi connectivity index (χ4n) is 2.14. The number of nitrogens with two attached hydrogens (primary N) is 1. The van der Waals surface area contributed by atoms with Gasteiger partial charge in [0.2, 0.25) is 0 Å². The van der Waals surface area contributed by atoms with Gasteiger partial charge in [0.1, 0.15) is 4.60 Å². The van der Waals surface area contributed by atoms with Crippen LogP contribution in [0.4, 0.5) is 5.69 Å². The van der Waals surface area contributed by atoms with E-state index in [1.54, 1.807) is 0 Å². The van der Waals surface area contributed by atoms with Crippen molar-refractivity contribution in [2.24, 2.45) is 5.73 Å². The minimum Gasteiger partial charge on any atom is -0.381 e. The smallest absolute Gasteiger partial charge is 0.109 e. The predicted octanol–water partition coefficient (Wildman–Crippen LogP) is 2.83. The standard InChI is InChI=1S/C12H18BrN3/c1-8-6-11(7-15-12(8)13)16-10-4-2-9(14)3-5-10/h6-7,9-10,16H,2-5,14H2,1H3. The first-order valence-corrected chi connectivity index (χ1v) is 6.58.